The van der Waals surface area contributed by atoms with Gasteiger partial charge in [-0.05, 0) is 31.4 Å². The first-order valence-electron chi connectivity index (χ1n) is 8.78. The molecule has 3 rings (SSSR count). The monoisotopic (exact) mass is 330 g/mol. The summed E-state index contributed by atoms with van der Waals surface area (Å²) in [7, 11) is 0. The fraction of sp³-hybridized carbons (Fsp3) is 0.500. The SMILES string of the molecule is CCCCCCSC1CCc2c(c(O)c3ccccc3c2O)C1. The van der Waals surface area contributed by atoms with Crippen molar-refractivity contribution in [1.29, 1.82) is 0 Å². The Balaban J connectivity index is 1.75. The van der Waals surface area contributed by atoms with Gasteiger partial charge in [0.25, 0.3) is 0 Å². The second-order valence-electron chi connectivity index (χ2n) is 6.50. The molecule has 0 aliphatic heterocycles. The molecule has 3 heteroatoms. The Morgan fingerprint density at radius 3 is 2.39 bits per heavy atom. The van der Waals surface area contributed by atoms with Crippen molar-refractivity contribution >= 4 is 22.5 Å². The van der Waals surface area contributed by atoms with E-state index in [1.807, 2.05) is 36.0 Å². The first-order chi connectivity index (χ1) is 11.2. The Kier molecular flexibility index (Phi) is 5.37. The number of thioether (sulfide) groups is 1. The second kappa shape index (κ2) is 7.48. The molecule has 0 saturated carbocycles. The number of rotatable bonds is 6. The summed E-state index contributed by atoms with van der Waals surface area (Å²) in [5.41, 5.74) is 1.93. The molecule has 23 heavy (non-hydrogen) atoms. The Hall–Kier alpha value is -1.35. The van der Waals surface area contributed by atoms with E-state index in [1.54, 1.807) is 0 Å². The maximum absolute atomic E-state index is 10.7. The number of hydrogen-bond donors (Lipinski definition) is 2. The van der Waals surface area contributed by atoms with Gasteiger partial charge in [-0.2, -0.15) is 11.8 Å². The normalized spacial score (nSPS) is 17.3. The Bertz CT molecular complexity index is 681. The molecule has 0 saturated heterocycles. The number of benzene rings is 2. The summed E-state index contributed by atoms with van der Waals surface area (Å²) in [4.78, 5) is 0. The zero-order chi connectivity index (χ0) is 16.2. The highest BCUT2D eigenvalue weighted by atomic mass is 32.2. The minimum atomic E-state index is 0.375. The third-order valence-corrected chi connectivity index (χ3v) is 6.27. The highest BCUT2D eigenvalue weighted by Crippen LogP contribution is 2.44. The second-order valence-corrected chi connectivity index (χ2v) is 7.90. The Labute approximate surface area is 142 Å². The van der Waals surface area contributed by atoms with Gasteiger partial charge in [-0.3, -0.25) is 0 Å². The highest BCUT2D eigenvalue weighted by molar-refractivity contribution is 7.99. The smallest absolute Gasteiger partial charge is 0.127 e. The summed E-state index contributed by atoms with van der Waals surface area (Å²) >= 11 is 2.04. The van der Waals surface area contributed by atoms with E-state index in [4.69, 9.17) is 0 Å². The van der Waals surface area contributed by atoms with Gasteiger partial charge < -0.3 is 10.2 Å². The standard InChI is InChI=1S/C20H26O2S/c1-2-3-4-7-12-23-14-10-11-17-18(13-14)20(22)16-9-6-5-8-15(16)19(17)21/h5-6,8-9,14,21-22H,2-4,7,10-13H2,1H3. The van der Waals surface area contributed by atoms with Crippen LogP contribution in [-0.2, 0) is 12.8 Å². The van der Waals surface area contributed by atoms with E-state index in [0.29, 0.717) is 16.7 Å². The van der Waals surface area contributed by atoms with Crippen LogP contribution in [0.3, 0.4) is 0 Å². The molecule has 0 bridgehead atoms. The van der Waals surface area contributed by atoms with Crippen LogP contribution < -0.4 is 0 Å². The van der Waals surface area contributed by atoms with Crippen LogP contribution in [0.2, 0.25) is 0 Å². The van der Waals surface area contributed by atoms with Gasteiger partial charge in [0.2, 0.25) is 0 Å². The third kappa shape index (κ3) is 3.45. The molecule has 0 spiro atoms. The number of hydrogen-bond acceptors (Lipinski definition) is 3. The lowest BCUT2D eigenvalue weighted by molar-refractivity contribution is 0.450. The Morgan fingerprint density at radius 1 is 1.00 bits per heavy atom. The zero-order valence-corrected chi connectivity index (χ0v) is 14.7. The van der Waals surface area contributed by atoms with Crippen molar-refractivity contribution in [2.45, 2.75) is 57.1 Å². The van der Waals surface area contributed by atoms with Gasteiger partial charge in [0.1, 0.15) is 11.5 Å². The summed E-state index contributed by atoms with van der Waals surface area (Å²) < 4.78 is 0. The van der Waals surface area contributed by atoms with Gasteiger partial charge in [0.05, 0.1) is 0 Å². The predicted molar refractivity (Wildman–Crippen MR) is 99.7 cm³/mol. The number of phenols is 2. The van der Waals surface area contributed by atoms with Crippen molar-refractivity contribution in [3.05, 3.63) is 35.4 Å². The van der Waals surface area contributed by atoms with Crippen molar-refractivity contribution in [2.75, 3.05) is 5.75 Å². The van der Waals surface area contributed by atoms with Gasteiger partial charge in [-0.25, -0.2) is 0 Å². The van der Waals surface area contributed by atoms with E-state index in [9.17, 15) is 10.2 Å². The van der Waals surface area contributed by atoms with E-state index in [-0.39, 0.29) is 0 Å². The summed E-state index contributed by atoms with van der Waals surface area (Å²) in [6.07, 6.45) is 8.05. The zero-order valence-electron chi connectivity index (χ0n) is 13.8. The van der Waals surface area contributed by atoms with Crippen molar-refractivity contribution in [1.82, 2.24) is 0 Å². The minimum Gasteiger partial charge on any atom is -0.507 e. The lowest BCUT2D eigenvalue weighted by atomic mass is 9.87. The van der Waals surface area contributed by atoms with E-state index in [1.165, 1.54) is 31.4 Å². The molecule has 1 atom stereocenters. The van der Waals surface area contributed by atoms with Crippen molar-refractivity contribution in [2.24, 2.45) is 0 Å². The number of unbranched alkanes of at least 4 members (excludes halogenated alkanes) is 3. The molecule has 0 fully saturated rings. The van der Waals surface area contributed by atoms with Gasteiger partial charge in [-0.1, -0.05) is 50.5 Å². The van der Waals surface area contributed by atoms with Crippen LogP contribution in [0, 0.1) is 0 Å². The van der Waals surface area contributed by atoms with Gasteiger partial charge >= 0.3 is 0 Å². The first kappa shape index (κ1) is 16.5. The van der Waals surface area contributed by atoms with Crippen LogP contribution in [0.25, 0.3) is 10.8 Å². The lowest BCUT2D eigenvalue weighted by Crippen LogP contribution is -2.17. The molecule has 0 heterocycles. The summed E-state index contributed by atoms with van der Waals surface area (Å²) in [5, 5.41) is 23.3. The molecule has 1 aliphatic carbocycles. The van der Waals surface area contributed by atoms with Crippen LogP contribution in [0.5, 0.6) is 11.5 Å². The van der Waals surface area contributed by atoms with Crippen LogP contribution >= 0.6 is 11.8 Å². The van der Waals surface area contributed by atoms with E-state index in [0.717, 1.165) is 41.2 Å². The average Bonchev–Trinajstić information content (AvgIpc) is 2.59. The van der Waals surface area contributed by atoms with Crippen molar-refractivity contribution in [3.63, 3.8) is 0 Å². The van der Waals surface area contributed by atoms with Crippen LogP contribution in [0.15, 0.2) is 24.3 Å². The number of phenolic OH excluding ortho intramolecular Hbond substituents is 2. The average molecular weight is 330 g/mol. The van der Waals surface area contributed by atoms with Gasteiger partial charge in [0.15, 0.2) is 0 Å². The summed E-state index contributed by atoms with van der Waals surface area (Å²) in [6, 6.07) is 7.60. The molecule has 1 unspecified atom stereocenters. The van der Waals surface area contributed by atoms with Crippen LogP contribution in [0.4, 0.5) is 0 Å². The molecule has 124 valence electrons. The maximum Gasteiger partial charge on any atom is 0.127 e. The number of aromatic hydroxyl groups is 2. The molecule has 0 amide bonds. The van der Waals surface area contributed by atoms with E-state index < -0.39 is 0 Å². The van der Waals surface area contributed by atoms with Gasteiger partial charge in [0, 0.05) is 27.1 Å². The van der Waals surface area contributed by atoms with Crippen LogP contribution in [-0.4, -0.2) is 21.2 Å². The predicted octanol–water partition coefficient (Wildman–Crippen LogP) is 5.42. The summed E-state index contributed by atoms with van der Waals surface area (Å²) in [5.74, 6) is 1.96. The fourth-order valence-electron chi connectivity index (χ4n) is 3.55. The third-order valence-electron chi connectivity index (χ3n) is 4.87. The quantitative estimate of drug-likeness (QED) is 0.548. The molecular weight excluding hydrogens is 304 g/mol. The topological polar surface area (TPSA) is 40.5 Å². The lowest BCUT2D eigenvalue weighted by Gasteiger charge is -2.26. The Morgan fingerprint density at radius 2 is 1.70 bits per heavy atom. The number of fused-ring (bicyclic) bond motifs is 2. The maximum atomic E-state index is 10.7. The van der Waals surface area contributed by atoms with Crippen LogP contribution in [0.1, 0.15) is 50.2 Å². The molecule has 2 N–H and O–H groups in total. The summed E-state index contributed by atoms with van der Waals surface area (Å²) in [6.45, 7) is 2.24. The van der Waals surface area contributed by atoms with Crippen molar-refractivity contribution < 1.29 is 10.2 Å². The fourth-order valence-corrected chi connectivity index (χ4v) is 4.83. The molecule has 0 aromatic heterocycles. The van der Waals surface area contributed by atoms with Gasteiger partial charge in [-0.15, -0.1) is 0 Å². The minimum absolute atomic E-state index is 0.375. The van der Waals surface area contributed by atoms with Crippen molar-refractivity contribution in [3.8, 4) is 11.5 Å². The highest BCUT2D eigenvalue weighted by Gasteiger charge is 2.26. The van der Waals surface area contributed by atoms with E-state index in [2.05, 4.69) is 6.92 Å². The molecular formula is C20H26O2S. The molecule has 2 aromatic rings. The van der Waals surface area contributed by atoms with E-state index >= 15 is 0 Å². The molecule has 2 aromatic carbocycles. The molecule has 2 nitrogen and oxygen atoms in total. The molecule has 1 aliphatic rings. The molecule has 0 radical (unpaired) electrons. The largest absolute Gasteiger partial charge is 0.507 e. The first-order valence-corrected chi connectivity index (χ1v) is 9.83.